The molecule has 0 fully saturated rings. The van der Waals surface area contributed by atoms with Crippen LogP contribution in [0.4, 0.5) is 4.79 Å². The van der Waals surface area contributed by atoms with E-state index in [-0.39, 0.29) is 12.9 Å². The van der Waals surface area contributed by atoms with Crippen LogP contribution in [0.25, 0.3) is 0 Å². The van der Waals surface area contributed by atoms with Crippen molar-refractivity contribution >= 4 is 6.09 Å². The molecule has 0 aliphatic rings. The van der Waals surface area contributed by atoms with E-state index in [4.69, 9.17) is 15.2 Å². The summed E-state index contributed by atoms with van der Waals surface area (Å²) in [4.78, 5) is 10.2. The maximum atomic E-state index is 10.2. The molecule has 0 atom stereocenters. The van der Waals surface area contributed by atoms with Crippen LogP contribution in [0.5, 0.6) is 0 Å². The van der Waals surface area contributed by atoms with Crippen LogP contribution in [0.15, 0.2) is 0 Å². The Morgan fingerprint density at radius 1 is 1.33 bits per heavy atom. The zero-order valence-electron chi connectivity index (χ0n) is 9.32. The van der Waals surface area contributed by atoms with E-state index < -0.39 is 6.09 Å². The molecule has 0 aliphatic heterocycles. The van der Waals surface area contributed by atoms with Crippen molar-refractivity contribution in [3.8, 4) is 0 Å². The first-order valence-corrected chi connectivity index (χ1v) is 5.06. The molecule has 0 bridgehead atoms. The number of nitrogens with two attached hydrogens (primary N) is 1. The summed E-state index contributed by atoms with van der Waals surface area (Å²) in [5.41, 5.74) is 4.79. The van der Waals surface area contributed by atoms with Crippen LogP contribution in [0.2, 0.25) is 0 Å². The highest BCUT2D eigenvalue weighted by atomic mass is 16.7. The number of carbonyl (C=O) groups is 1. The van der Waals surface area contributed by atoms with Crippen LogP contribution >= 0.6 is 0 Å². The Morgan fingerprint density at radius 3 is 2.40 bits per heavy atom. The highest BCUT2D eigenvalue weighted by Crippen LogP contribution is 1.92. The molecule has 3 N–H and O–H groups in total. The fourth-order valence-corrected chi connectivity index (χ4v) is 0.981. The van der Waals surface area contributed by atoms with Gasteiger partial charge >= 0.3 is 6.09 Å². The molecule has 0 unspecified atom stereocenters. The van der Waals surface area contributed by atoms with E-state index in [9.17, 15) is 4.79 Å². The van der Waals surface area contributed by atoms with Gasteiger partial charge in [0.1, 0.15) is 6.61 Å². The molecule has 1 amide bonds. The second kappa shape index (κ2) is 9.70. The summed E-state index contributed by atoms with van der Waals surface area (Å²) in [5.74, 6) is 0. The zero-order valence-corrected chi connectivity index (χ0v) is 9.32. The first-order valence-electron chi connectivity index (χ1n) is 5.06. The first kappa shape index (κ1) is 14.2. The van der Waals surface area contributed by atoms with Crippen LogP contribution in [-0.4, -0.2) is 45.3 Å². The van der Waals surface area contributed by atoms with Gasteiger partial charge in [0, 0.05) is 26.3 Å². The lowest BCUT2D eigenvalue weighted by Gasteiger charge is -2.17. The van der Waals surface area contributed by atoms with Crippen LogP contribution < -0.4 is 11.1 Å². The van der Waals surface area contributed by atoms with Gasteiger partial charge in [0.25, 0.3) is 0 Å². The van der Waals surface area contributed by atoms with Gasteiger partial charge in [-0.15, -0.1) is 0 Å². The zero-order chi connectivity index (χ0) is 11.5. The van der Waals surface area contributed by atoms with Crippen LogP contribution in [0.3, 0.4) is 0 Å². The van der Waals surface area contributed by atoms with Gasteiger partial charge in [-0.2, -0.15) is 0 Å². The smallest absolute Gasteiger partial charge is 0.404 e. The number of primary amides is 1. The quantitative estimate of drug-likeness (QED) is 0.424. The minimum Gasteiger partial charge on any atom is -0.448 e. The van der Waals surface area contributed by atoms with Crippen LogP contribution in [0, 0.1) is 0 Å². The Bertz CT molecular complexity index is 160. The van der Waals surface area contributed by atoms with Crippen molar-refractivity contribution in [1.82, 2.24) is 5.32 Å². The molecule has 0 aliphatic carbocycles. The second-order valence-electron chi connectivity index (χ2n) is 2.71. The van der Waals surface area contributed by atoms with Crippen molar-refractivity contribution in [3.63, 3.8) is 0 Å². The van der Waals surface area contributed by atoms with Gasteiger partial charge in [-0.1, -0.05) is 0 Å². The van der Waals surface area contributed by atoms with Crippen molar-refractivity contribution < 1.29 is 19.0 Å². The van der Waals surface area contributed by atoms with Crippen molar-refractivity contribution in [3.05, 3.63) is 0 Å². The second-order valence-corrected chi connectivity index (χ2v) is 2.71. The summed E-state index contributed by atoms with van der Waals surface area (Å²) < 4.78 is 15.1. The number of amides is 1. The molecule has 0 rings (SSSR count). The molecule has 0 aromatic carbocycles. The molecular formula is C9H20N2O4. The molecular weight excluding hydrogens is 200 g/mol. The van der Waals surface area contributed by atoms with Gasteiger partial charge < -0.3 is 25.3 Å². The third-order valence-electron chi connectivity index (χ3n) is 1.54. The Morgan fingerprint density at radius 2 is 1.93 bits per heavy atom. The number of carbonyl (C=O) groups excluding carboxylic acids is 1. The minimum absolute atomic E-state index is 0.250. The molecule has 0 aromatic rings. The Hall–Kier alpha value is -0.850. The third-order valence-corrected chi connectivity index (χ3v) is 1.54. The lowest BCUT2D eigenvalue weighted by molar-refractivity contribution is -0.132. The van der Waals surface area contributed by atoms with Crippen molar-refractivity contribution in [1.29, 1.82) is 0 Å². The molecule has 0 radical (unpaired) electrons. The van der Waals surface area contributed by atoms with E-state index in [2.05, 4.69) is 10.1 Å². The number of rotatable bonds is 9. The van der Waals surface area contributed by atoms with Crippen molar-refractivity contribution in [2.45, 2.75) is 20.1 Å². The van der Waals surface area contributed by atoms with Gasteiger partial charge in [-0.3, -0.25) is 0 Å². The van der Waals surface area contributed by atoms with E-state index >= 15 is 0 Å². The molecule has 0 saturated carbocycles. The molecule has 0 heterocycles. The largest absolute Gasteiger partial charge is 0.448 e. The average molecular weight is 220 g/mol. The number of hydrogen-bond donors (Lipinski definition) is 2. The maximum Gasteiger partial charge on any atom is 0.404 e. The van der Waals surface area contributed by atoms with Gasteiger partial charge in [0.15, 0.2) is 6.29 Å². The van der Waals surface area contributed by atoms with Crippen molar-refractivity contribution in [2.75, 3.05) is 32.9 Å². The monoisotopic (exact) mass is 220 g/mol. The van der Waals surface area contributed by atoms with E-state index in [1.807, 2.05) is 13.8 Å². The SMILES string of the molecule is CCOC(CNCCOC(N)=O)OCC. The van der Waals surface area contributed by atoms with E-state index in [1.54, 1.807) is 0 Å². The standard InChI is InChI=1S/C9H20N2O4/c1-3-13-8(14-4-2)7-11-5-6-15-9(10)12/h8,11H,3-7H2,1-2H3,(H2,10,12). The first-order chi connectivity index (χ1) is 7.20. The Labute approximate surface area is 90.1 Å². The summed E-state index contributed by atoms with van der Waals surface area (Å²) in [5, 5.41) is 3.03. The predicted octanol–water partition coefficient (Wildman–Crippen LogP) is 0.0704. The topological polar surface area (TPSA) is 82.8 Å². The van der Waals surface area contributed by atoms with E-state index in [1.165, 1.54) is 0 Å². The summed E-state index contributed by atoms with van der Waals surface area (Å²) >= 11 is 0. The fraction of sp³-hybridized carbons (Fsp3) is 0.889. The maximum absolute atomic E-state index is 10.2. The molecule has 0 spiro atoms. The van der Waals surface area contributed by atoms with Gasteiger partial charge in [-0.25, -0.2) is 4.79 Å². The summed E-state index contributed by atoms with van der Waals surface area (Å²) in [7, 11) is 0. The van der Waals surface area contributed by atoms with Gasteiger partial charge in [-0.05, 0) is 13.8 Å². The Balaban J connectivity index is 3.39. The molecule has 0 aromatic heterocycles. The fourth-order valence-electron chi connectivity index (χ4n) is 0.981. The Kier molecular flexibility index (Phi) is 9.15. The molecule has 0 saturated heterocycles. The lowest BCUT2D eigenvalue weighted by Crippen LogP contribution is -2.34. The lowest BCUT2D eigenvalue weighted by atomic mass is 10.5. The predicted molar refractivity (Wildman–Crippen MR) is 55.4 cm³/mol. The minimum atomic E-state index is -0.761. The van der Waals surface area contributed by atoms with Crippen LogP contribution in [-0.2, 0) is 14.2 Å². The van der Waals surface area contributed by atoms with Crippen molar-refractivity contribution in [2.24, 2.45) is 5.73 Å². The van der Waals surface area contributed by atoms with E-state index in [0.29, 0.717) is 26.3 Å². The van der Waals surface area contributed by atoms with Crippen LogP contribution in [0.1, 0.15) is 13.8 Å². The van der Waals surface area contributed by atoms with Gasteiger partial charge in [0.2, 0.25) is 0 Å². The number of ether oxygens (including phenoxy) is 3. The summed E-state index contributed by atoms with van der Waals surface area (Å²) in [6.07, 6.45) is -1.02. The highest BCUT2D eigenvalue weighted by Gasteiger charge is 2.06. The number of nitrogens with one attached hydrogen (secondary N) is 1. The molecule has 90 valence electrons. The summed E-state index contributed by atoms with van der Waals surface area (Å²) in [6.45, 7) is 6.35. The normalized spacial score (nSPS) is 10.6. The van der Waals surface area contributed by atoms with E-state index in [0.717, 1.165) is 0 Å². The average Bonchev–Trinajstić information content (AvgIpc) is 2.17. The molecule has 6 heteroatoms. The van der Waals surface area contributed by atoms with Gasteiger partial charge in [0.05, 0.1) is 0 Å². The highest BCUT2D eigenvalue weighted by molar-refractivity contribution is 5.64. The third kappa shape index (κ3) is 9.45. The molecule has 15 heavy (non-hydrogen) atoms. The summed E-state index contributed by atoms with van der Waals surface area (Å²) in [6, 6.07) is 0. The number of hydrogen-bond acceptors (Lipinski definition) is 5. The molecule has 6 nitrogen and oxygen atoms in total.